The maximum Gasteiger partial charge on any atom is 0.333 e. The van der Waals surface area contributed by atoms with Crippen LogP contribution in [0, 0.1) is 0 Å². The van der Waals surface area contributed by atoms with Crippen LogP contribution in [0.15, 0.2) is 77.8 Å². The number of aliphatic imine (C=N–C) groups is 1. The molecule has 1 heterocycles. The molecule has 230 valence electrons. The number of benzene rings is 3. The maximum atomic E-state index is 11.3. The lowest BCUT2D eigenvalue weighted by Gasteiger charge is -2.32. The molecular formula is C31H39N5O7. The van der Waals surface area contributed by atoms with Crippen LogP contribution in [-0.4, -0.2) is 66.6 Å². The summed E-state index contributed by atoms with van der Waals surface area (Å²) in [7, 11) is 0. The molecule has 12 nitrogen and oxygen atoms in total. The lowest BCUT2D eigenvalue weighted by Crippen LogP contribution is -2.30. The molecule has 0 bridgehead atoms. The summed E-state index contributed by atoms with van der Waals surface area (Å²) >= 11 is 0. The molecule has 12 heteroatoms. The lowest BCUT2D eigenvalue weighted by atomic mass is 10.1. The number of fused-ring (bicyclic) bond motifs is 2. The van der Waals surface area contributed by atoms with Crippen molar-refractivity contribution in [3.05, 3.63) is 78.4 Å². The van der Waals surface area contributed by atoms with Gasteiger partial charge in [0.1, 0.15) is 18.4 Å². The summed E-state index contributed by atoms with van der Waals surface area (Å²) in [4.78, 5) is 27.4. The van der Waals surface area contributed by atoms with Crippen LogP contribution in [0.25, 0.3) is 0 Å². The largest absolute Gasteiger partial charge is 0.492 e. The highest BCUT2D eigenvalue weighted by molar-refractivity contribution is 5.78. The first-order valence-electron chi connectivity index (χ1n) is 13.9. The molecule has 4 rings (SSSR count). The van der Waals surface area contributed by atoms with Crippen LogP contribution in [0.3, 0.4) is 0 Å². The number of ether oxygens (including phenoxy) is 3. The van der Waals surface area contributed by atoms with Crippen LogP contribution < -0.4 is 31.6 Å². The molecular weight excluding hydrogens is 554 g/mol. The van der Waals surface area contributed by atoms with E-state index in [4.69, 9.17) is 36.5 Å². The van der Waals surface area contributed by atoms with Crippen LogP contribution in [0.2, 0.25) is 0 Å². The first kappa shape index (κ1) is 32.7. The topological polar surface area (TPSA) is 196 Å². The fourth-order valence-corrected chi connectivity index (χ4v) is 4.27. The van der Waals surface area contributed by atoms with Crippen molar-refractivity contribution in [1.82, 2.24) is 0 Å². The Morgan fingerprint density at radius 2 is 1.53 bits per heavy atom. The Morgan fingerprint density at radius 1 is 0.930 bits per heavy atom. The summed E-state index contributed by atoms with van der Waals surface area (Å²) in [6.07, 6.45) is 0.445. The smallest absolute Gasteiger partial charge is 0.333 e. The second kappa shape index (κ2) is 16.6. The monoisotopic (exact) mass is 593 g/mol. The molecule has 3 aromatic rings. The summed E-state index contributed by atoms with van der Waals surface area (Å²) < 4.78 is 17.3. The third kappa shape index (κ3) is 10.2. The van der Waals surface area contributed by atoms with Gasteiger partial charge < -0.3 is 46.5 Å². The van der Waals surface area contributed by atoms with Gasteiger partial charge in [-0.15, -0.1) is 0 Å². The van der Waals surface area contributed by atoms with Crippen LogP contribution in [0.4, 0.5) is 11.4 Å². The number of aliphatic carboxylic acids is 2. The zero-order valence-corrected chi connectivity index (χ0v) is 24.1. The maximum absolute atomic E-state index is 11.3. The minimum absolute atomic E-state index is 0.0129. The van der Waals surface area contributed by atoms with E-state index in [1.807, 2.05) is 72.8 Å². The zero-order valence-electron chi connectivity index (χ0n) is 24.1. The first-order valence-corrected chi connectivity index (χ1v) is 13.9. The predicted octanol–water partition coefficient (Wildman–Crippen LogP) is 3.49. The van der Waals surface area contributed by atoms with Crippen molar-refractivity contribution in [2.24, 2.45) is 22.2 Å². The van der Waals surface area contributed by atoms with Gasteiger partial charge in [0, 0.05) is 19.6 Å². The Hall–Kier alpha value is -4.81. The molecule has 43 heavy (non-hydrogen) atoms. The number of carbonyl (C=O) groups is 2. The van der Waals surface area contributed by atoms with Crippen LogP contribution in [-0.2, 0) is 20.7 Å². The summed E-state index contributed by atoms with van der Waals surface area (Å²) in [6.45, 7) is 3.72. The minimum atomic E-state index is -1.00. The molecule has 3 aromatic carbocycles. The molecule has 1 aliphatic rings. The molecule has 1 aliphatic heterocycles. The Labute approximate surface area is 250 Å². The van der Waals surface area contributed by atoms with Gasteiger partial charge in [0.05, 0.1) is 17.9 Å². The summed E-state index contributed by atoms with van der Waals surface area (Å²) in [5, 5.41) is 17.6. The summed E-state index contributed by atoms with van der Waals surface area (Å²) in [6, 6.07) is 22.6. The number of hydrogen-bond donors (Lipinski definition) is 5. The number of rotatable bonds is 14. The molecule has 0 amide bonds. The highest BCUT2D eigenvalue weighted by Crippen LogP contribution is 2.45. The number of carboxylic acids is 2. The Balaban J connectivity index is 0.000000359. The van der Waals surface area contributed by atoms with Gasteiger partial charge in [-0.2, -0.15) is 0 Å². The fraction of sp³-hybridized carbons (Fsp3) is 0.323. The number of guanidine groups is 1. The SMILES string of the molecule is CCO[C@H](Cc1ccc(OCCN2c3ccccc3Oc3ccccc32)cc1)C(=O)O.NC(N)=NCCC[C@H](N)C(=O)O. The number of nitrogens with zero attached hydrogens (tertiary/aromatic N) is 2. The Morgan fingerprint density at radius 3 is 2.07 bits per heavy atom. The van der Waals surface area contributed by atoms with Gasteiger partial charge in [-0.25, -0.2) is 4.79 Å². The van der Waals surface area contributed by atoms with Crippen molar-refractivity contribution in [2.45, 2.75) is 38.3 Å². The highest BCUT2D eigenvalue weighted by atomic mass is 16.5. The first-order chi connectivity index (χ1) is 20.7. The fourth-order valence-electron chi connectivity index (χ4n) is 4.27. The third-order valence-electron chi connectivity index (χ3n) is 6.39. The van der Waals surface area contributed by atoms with Crippen molar-refractivity contribution in [3.8, 4) is 17.2 Å². The second-order valence-electron chi connectivity index (χ2n) is 9.56. The number of anilines is 2. The third-order valence-corrected chi connectivity index (χ3v) is 6.39. The lowest BCUT2D eigenvalue weighted by molar-refractivity contribution is -0.150. The van der Waals surface area contributed by atoms with Crippen molar-refractivity contribution >= 4 is 29.3 Å². The molecule has 0 spiro atoms. The molecule has 8 N–H and O–H groups in total. The van der Waals surface area contributed by atoms with Gasteiger partial charge in [0.25, 0.3) is 0 Å². The quantitative estimate of drug-likeness (QED) is 0.104. The molecule has 0 saturated carbocycles. The molecule has 0 fully saturated rings. The van der Waals surface area contributed by atoms with E-state index in [0.717, 1.165) is 34.2 Å². The minimum Gasteiger partial charge on any atom is -0.492 e. The van der Waals surface area contributed by atoms with Gasteiger partial charge in [0.2, 0.25) is 0 Å². The molecule has 0 saturated heterocycles. The van der Waals surface area contributed by atoms with E-state index < -0.39 is 24.1 Å². The van der Waals surface area contributed by atoms with Gasteiger partial charge in [-0.1, -0.05) is 36.4 Å². The van der Waals surface area contributed by atoms with Crippen molar-refractivity contribution in [3.63, 3.8) is 0 Å². The number of nitrogens with two attached hydrogens (primary N) is 3. The van der Waals surface area contributed by atoms with Gasteiger partial charge in [-0.05, 0) is 61.7 Å². The van der Waals surface area contributed by atoms with Crippen LogP contribution >= 0.6 is 0 Å². The standard InChI is InChI=1S/C25H25NO5.C6H14N4O2/c1-2-29-24(25(27)28)17-18-11-13-19(14-12-18)30-16-15-26-20-7-3-5-9-22(20)31-23-10-6-4-8-21(23)26;7-4(5(11)12)2-1-3-10-6(8)9/h3-14,24H,2,15-17H2,1H3,(H,27,28);4H,1-3,7H2,(H,11,12)(H4,8,9,10)/t24-;4-/m10/s1. The Bertz CT molecular complexity index is 1320. The molecule has 0 aliphatic carbocycles. The van der Waals surface area contributed by atoms with E-state index in [9.17, 15) is 14.7 Å². The van der Waals surface area contributed by atoms with Crippen molar-refractivity contribution < 1.29 is 34.0 Å². The normalized spacial score (nSPS) is 12.7. The summed E-state index contributed by atoms with van der Waals surface area (Å²) in [5.41, 5.74) is 18.2. The van der Waals surface area contributed by atoms with Gasteiger partial charge in [-0.3, -0.25) is 9.79 Å². The van der Waals surface area contributed by atoms with Crippen molar-refractivity contribution in [2.75, 3.05) is 31.2 Å². The van der Waals surface area contributed by atoms with E-state index in [0.29, 0.717) is 45.6 Å². The number of carboxylic acid groups (broad SMARTS) is 2. The molecule has 0 radical (unpaired) electrons. The van der Waals surface area contributed by atoms with Crippen LogP contribution in [0.1, 0.15) is 25.3 Å². The Kier molecular flexibility index (Phi) is 12.6. The summed E-state index contributed by atoms with van der Waals surface area (Å²) in [5.74, 6) is 0.453. The van der Waals surface area contributed by atoms with E-state index in [1.54, 1.807) is 6.92 Å². The van der Waals surface area contributed by atoms with E-state index in [1.165, 1.54) is 0 Å². The zero-order chi connectivity index (χ0) is 31.2. The van der Waals surface area contributed by atoms with Gasteiger partial charge in [0.15, 0.2) is 23.6 Å². The van der Waals surface area contributed by atoms with Crippen molar-refractivity contribution in [1.29, 1.82) is 0 Å². The number of hydrogen-bond acceptors (Lipinski definition) is 8. The molecule has 0 aromatic heterocycles. The van der Waals surface area contributed by atoms with Gasteiger partial charge >= 0.3 is 11.9 Å². The van der Waals surface area contributed by atoms with E-state index in [-0.39, 0.29) is 5.96 Å². The average Bonchev–Trinajstić information content (AvgIpc) is 2.99. The average molecular weight is 594 g/mol. The van der Waals surface area contributed by atoms with Crippen LogP contribution in [0.5, 0.6) is 17.2 Å². The van der Waals surface area contributed by atoms with E-state index in [2.05, 4.69) is 9.89 Å². The molecule has 0 unspecified atom stereocenters. The predicted molar refractivity (Wildman–Crippen MR) is 164 cm³/mol. The second-order valence-corrected chi connectivity index (χ2v) is 9.56. The van der Waals surface area contributed by atoms with E-state index >= 15 is 0 Å². The highest BCUT2D eigenvalue weighted by Gasteiger charge is 2.23. The number of para-hydroxylation sites is 4. The molecule has 2 atom stereocenters.